The number of hydrogen-bond donors (Lipinski definition) is 1. The smallest absolute Gasteiger partial charge is 0.179 e. The van der Waals surface area contributed by atoms with E-state index in [0.717, 1.165) is 5.56 Å². The van der Waals surface area contributed by atoms with Gasteiger partial charge in [-0.1, -0.05) is 23.2 Å². The van der Waals surface area contributed by atoms with Gasteiger partial charge in [0, 0.05) is 5.56 Å². The van der Waals surface area contributed by atoms with E-state index < -0.39 is 0 Å². The van der Waals surface area contributed by atoms with E-state index in [2.05, 4.69) is 21.0 Å². The number of nitriles is 1. The van der Waals surface area contributed by atoms with Crippen LogP contribution >= 0.6 is 23.2 Å². The molecule has 92 valence electrons. The standard InChI is InChI=1S/C13H6Cl2N4/c14-9-5-10-13(18-11(9)15)19-12(17-10)8-3-1-7(6-16)2-4-8/h1-5H,(H,17,18,19). The van der Waals surface area contributed by atoms with Crippen molar-refractivity contribution in [3.05, 3.63) is 46.1 Å². The number of aromatic amines is 1. The fraction of sp³-hybridized carbons (Fsp3) is 0. The Morgan fingerprint density at radius 3 is 2.53 bits per heavy atom. The molecule has 19 heavy (non-hydrogen) atoms. The monoisotopic (exact) mass is 288 g/mol. The van der Waals surface area contributed by atoms with Crippen molar-refractivity contribution in [3.8, 4) is 17.5 Å². The van der Waals surface area contributed by atoms with Gasteiger partial charge in [-0.05, 0) is 30.3 Å². The van der Waals surface area contributed by atoms with E-state index >= 15 is 0 Å². The molecular formula is C13H6Cl2N4. The molecule has 0 bridgehead atoms. The summed E-state index contributed by atoms with van der Waals surface area (Å²) in [6, 6.07) is 10.9. The highest BCUT2D eigenvalue weighted by molar-refractivity contribution is 6.41. The molecule has 2 heterocycles. The normalized spacial score (nSPS) is 10.6. The largest absolute Gasteiger partial charge is 0.337 e. The van der Waals surface area contributed by atoms with Crippen molar-refractivity contribution >= 4 is 34.4 Å². The van der Waals surface area contributed by atoms with Gasteiger partial charge in [0.05, 0.1) is 22.2 Å². The maximum atomic E-state index is 8.76. The highest BCUT2D eigenvalue weighted by Crippen LogP contribution is 2.26. The van der Waals surface area contributed by atoms with Crippen LogP contribution in [0.3, 0.4) is 0 Å². The molecule has 0 aliphatic rings. The summed E-state index contributed by atoms with van der Waals surface area (Å²) in [6.45, 7) is 0. The maximum absolute atomic E-state index is 8.76. The SMILES string of the molecule is N#Cc1ccc(-c2nc3nc(Cl)c(Cl)cc3[nH]2)cc1. The van der Waals surface area contributed by atoms with E-state index in [9.17, 15) is 0 Å². The summed E-state index contributed by atoms with van der Waals surface area (Å²) in [5, 5.41) is 9.37. The van der Waals surface area contributed by atoms with Crippen molar-refractivity contribution < 1.29 is 0 Å². The number of nitrogens with one attached hydrogen (secondary N) is 1. The predicted octanol–water partition coefficient (Wildman–Crippen LogP) is 3.80. The fourth-order valence-corrected chi connectivity index (χ4v) is 2.02. The number of H-pyrrole nitrogens is 1. The lowest BCUT2D eigenvalue weighted by Crippen LogP contribution is -1.81. The van der Waals surface area contributed by atoms with E-state index in [4.69, 9.17) is 28.5 Å². The Morgan fingerprint density at radius 1 is 1.11 bits per heavy atom. The molecule has 3 rings (SSSR count). The minimum atomic E-state index is 0.229. The van der Waals surface area contributed by atoms with Gasteiger partial charge in [-0.25, -0.2) is 9.97 Å². The quantitative estimate of drug-likeness (QED) is 0.693. The second-order valence-corrected chi connectivity index (χ2v) is 4.67. The fourth-order valence-electron chi connectivity index (χ4n) is 1.74. The van der Waals surface area contributed by atoms with E-state index in [1.807, 2.05) is 12.1 Å². The van der Waals surface area contributed by atoms with Crippen molar-refractivity contribution in [1.82, 2.24) is 15.0 Å². The Hall–Kier alpha value is -2.09. The van der Waals surface area contributed by atoms with Crippen LogP contribution in [0.5, 0.6) is 0 Å². The van der Waals surface area contributed by atoms with Gasteiger partial charge in [0.25, 0.3) is 0 Å². The number of halogens is 2. The molecule has 0 saturated heterocycles. The van der Waals surface area contributed by atoms with Gasteiger partial charge >= 0.3 is 0 Å². The summed E-state index contributed by atoms with van der Waals surface area (Å²) in [4.78, 5) is 11.6. The number of imidazole rings is 1. The molecule has 0 radical (unpaired) electrons. The lowest BCUT2D eigenvalue weighted by atomic mass is 10.1. The molecule has 0 fully saturated rings. The molecule has 0 aliphatic heterocycles. The first-order chi connectivity index (χ1) is 9.17. The van der Waals surface area contributed by atoms with Crippen LogP contribution in [0.1, 0.15) is 5.56 Å². The Morgan fingerprint density at radius 2 is 1.84 bits per heavy atom. The molecule has 0 atom stereocenters. The topological polar surface area (TPSA) is 65.4 Å². The zero-order valence-electron chi connectivity index (χ0n) is 9.48. The Bertz CT molecular complexity index is 761. The summed E-state index contributed by atoms with van der Waals surface area (Å²) in [6.07, 6.45) is 0. The summed E-state index contributed by atoms with van der Waals surface area (Å²) in [5.74, 6) is 0.658. The van der Waals surface area contributed by atoms with Gasteiger partial charge in [-0.3, -0.25) is 0 Å². The van der Waals surface area contributed by atoms with Gasteiger partial charge in [0.2, 0.25) is 0 Å². The van der Waals surface area contributed by atoms with Crippen LogP contribution in [0.25, 0.3) is 22.6 Å². The van der Waals surface area contributed by atoms with Gasteiger partial charge in [0.15, 0.2) is 5.65 Å². The Labute approximate surface area is 118 Å². The van der Waals surface area contributed by atoms with Crippen LogP contribution in [0.15, 0.2) is 30.3 Å². The predicted molar refractivity (Wildman–Crippen MR) is 74.1 cm³/mol. The third kappa shape index (κ3) is 2.14. The second-order valence-electron chi connectivity index (χ2n) is 3.91. The first kappa shape index (κ1) is 12.0. The highest BCUT2D eigenvalue weighted by Gasteiger charge is 2.09. The average Bonchev–Trinajstić information content (AvgIpc) is 2.82. The van der Waals surface area contributed by atoms with Crippen molar-refractivity contribution in [3.63, 3.8) is 0 Å². The summed E-state index contributed by atoms with van der Waals surface area (Å²) in [5.41, 5.74) is 2.69. The molecule has 0 unspecified atom stereocenters. The molecule has 6 heteroatoms. The molecule has 1 N–H and O–H groups in total. The van der Waals surface area contributed by atoms with E-state index in [1.165, 1.54) is 0 Å². The molecule has 0 spiro atoms. The van der Waals surface area contributed by atoms with Crippen LogP contribution in [0.2, 0.25) is 10.2 Å². The second kappa shape index (κ2) is 4.54. The molecule has 0 saturated carbocycles. The van der Waals surface area contributed by atoms with Crippen LogP contribution in [-0.4, -0.2) is 15.0 Å². The first-order valence-electron chi connectivity index (χ1n) is 5.39. The van der Waals surface area contributed by atoms with Gasteiger partial charge in [0.1, 0.15) is 11.0 Å². The van der Waals surface area contributed by atoms with Crippen molar-refractivity contribution in [2.45, 2.75) is 0 Å². The first-order valence-corrected chi connectivity index (χ1v) is 6.15. The molecule has 1 aromatic carbocycles. The Balaban J connectivity index is 2.12. The summed E-state index contributed by atoms with van der Waals surface area (Å²) >= 11 is 11.8. The third-order valence-corrected chi connectivity index (χ3v) is 3.34. The number of aromatic nitrogens is 3. The van der Waals surface area contributed by atoms with Crippen molar-refractivity contribution in [1.29, 1.82) is 5.26 Å². The minimum absolute atomic E-state index is 0.229. The zero-order valence-corrected chi connectivity index (χ0v) is 11.0. The molecule has 2 aromatic heterocycles. The van der Waals surface area contributed by atoms with E-state index in [1.54, 1.807) is 18.2 Å². The molecule has 3 aromatic rings. The molecule has 0 amide bonds. The summed E-state index contributed by atoms with van der Waals surface area (Å²) < 4.78 is 0. The van der Waals surface area contributed by atoms with E-state index in [-0.39, 0.29) is 5.15 Å². The number of nitrogens with zero attached hydrogens (tertiary/aromatic N) is 3. The lowest BCUT2D eigenvalue weighted by Gasteiger charge is -1.95. The van der Waals surface area contributed by atoms with Crippen molar-refractivity contribution in [2.24, 2.45) is 0 Å². The maximum Gasteiger partial charge on any atom is 0.179 e. The molecule has 4 nitrogen and oxygen atoms in total. The van der Waals surface area contributed by atoms with Crippen LogP contribution in [0, 0.1) is 11.3 Å². The number of pyridine rings is 1. The molecule has 0 aliphatic carbocycles. The lowest BCUT2D eigenvalue weighted by molar-refractivity contribution is 1.30. The Kier molecular flexibility index (Phi) is 2.86. The third-order valence-electron chi connectivity index (χ3n) is 2.67. The minimum Gasteiger partial charge on any atom is -0.337 e. The van der Waals surface area contributed by atoms with Gasteiger partial charge < -0.3 is 4.98 Å². The number of rotatable bonds is 1. The van der Waals surface area contributed by atoms with Gasteiger partial charge in [-0.15, -0.1) is 0 Å². The van der Waals surface area contributed by atoms with Crippen molar-refractivity contribution in [2.75, 3.05) is 0 Å². The summed E-state index contributed by atoms with van der Waals surface area (Å²) in [7, 11) is 0. The van der Waals surface area contributed by atoms with Gasteiger partial charge in [-0.2, -0.15) is 5.26 Å². The number of fused-ring (bicyclic) bond motifs is 1. The number of benzene rings is 1. The highest BCUT2D eigenvalue weighted by atomic mass is 35.5. The number of hydrogen-bond acceptors (Lipinski definition) is 3. The molecular weight excluding hydrogens is 283 g/mol. The van der Waals surface area contributed by atoms with Crippen LogP contribution < -0.4 is 0 Å². The van der Waals surface area contributed by atoms with Crippen LogP contribution in [-0.2, 0) is 0 Å². The van der Waals surface area contributed by atoms with E-state index in [0.29, 0.717) is 27.6 Å². The average molecular weight is 289 g/mol. The zero-order chi connectivity index (χ0) is 13.4. The van der Waals surface area contributed by atoms with Crippen LogP contribution in [0.4, 0.5) is 0 Å².